The summed E-state index contributed by atoms with van der Waals surface area (Å²) in [4.78, 5) is 6.94. The van der Waals surface area contributed by atoms with Crippen LogP contribution in [-0.4, -0.2) is 37.7 Å². The molecule has 0 bridgehead atoms. The molecule has 1 aromatic heterocycles. The van der Waals surface area contributed by atoms with E-state index in [1.165, 1.54) is 32.2 Å². The van der Waals surface area contributed by atoms with Gasteiger partial charge in [0.2, 0.25) is 0 Å². The van der Waals surface area contributed by atoms with Crippen molar-refractivity contribution in [3.63, 3.8) is 0 Å². The summed E-state index contributed by atoms with van der Waals surface area (Å²) in [6, 6.07) is 4.31. The van der Waals surface area contributed by atoms with Crippen molar-refractivity contribution >= 4 is 11.5 Å². The summed E-state index contributed by atoms with van der Waals surface area (Å²) in [6.07, 6.45) is 7.22. The van der Waals surface area contributed by atoms with Gasteiger partial charge in [0.05, 0.1) is 11.9 Å². The normalized spacial score (nSPS) is 23.6. The Morgan fingerprint density at radius 1 is 1.26 bits per heavy atom. The Morgan fingerprint density at radius 3 is 2.84 bits per heavy atom. The van der Waals surface area contributed by atoms with Gasteiger partial charge in [0.1, 0.15) is 5.82 Å². The van der Waals surface area contributed by atoms with E-state index in [-0.39, 0.29) is 0 Å². The SMILES string of the molecule is c1cc(N2CCCC2)ncc1NCC1CCCNC1. The largest absolute Gasteiger partial charge is 0.383 e. The minimum atomic E-state index is 0.756. The van der Waals surface area contributed by atoms with Gasteiger partial charge in [-0.25, -0.2) is 4.98 Å². The maximum absolute atomic E-state index is 4.57. The van der Waals surface area contributed by atoms with Gasteiger partial charge in [0, 0.05) is 19.6 Å². The van der Waals surface area contributed by atoms with Crippen molar-refractivity contribution in [1.82, 2.24) is 10.3 Å². The number of piperidine rings is 1. The van der Waals surface area contributed by atoms with Crippen LogP contribution < -0.4 is 15.5 Å². The van der Waals surface area contributed by atoms with Crippen molar-refractivity contribution in [1.29, 1.82) is 0 Å². The molecule has 2 aliphatic heterocycles. The molecule has 2 saturated heterocycles. The van der Waals surface area contributed by atoms with E-state index in [0.29, 0.717) is 0 Å². The molecule has 4 heteroatoms. The molecular formula is C15H24N4. The predicted octanol–water partition coefficient (Wildman–Crippen LogP) is 2.09. The van der Waals surface area contributed by atoms with Crippen LogP contribution in [-0.2, 0) is 0 Å². The third-order valence-electron chi connectivity index (χ3n) is 4.17. The Bertz CT molecular complexity index is 378. The van der Waals surface area contributed by atoms with Crippen molar-refractivity contribution in [2.75, 3.05) is 42.9 Å². The molecule has 1 aromatic rings. The zero-order chi connectivity index (χ0) is 12.9. The fourth-order valence-electron chi connectivity index (χ4n) is 2.98. The topological polar surface area (TPSA) is 40.2 Å². The standard InChI is InChI=1S/C15H24N4/c1-2-9-19(8-1)15-6-5-14(12-18-15)17-11-13-4-3-7-16-10-13/h5-6,12-13,16-17H,1-4,7-11H2. The molecule has 2 fully saturated rings. The number of pyridine rings is 1. The summed E-state index contributed by atoms with van der Waals surface area (Å²) in [7, 11) is 0. The third kappa shape index (κ3) is 3.38. The lowest BCUT2D eigenvalue weighted by molar-refractivity contribution is 0.393. The van der Waals surface area contributed by atoms with Crippen LogP contribution in [0.2, 0.25) is 0 Å². The quantitative estimate of drug-likeness (QED) is 0.870. The molecule has 4 nitrogen and oxygen atoms in total. The highest BCUT2D eigenvalue weighted by molar-refractivity contribution is 5.49. The van der Waals surface area contributed by atoms with E-state index in [1.54, 1.807) is 0 Å². The first-order chi connectivity index (χ1) is 9.42. The minimum absolute atomic E-state index is 0.756. The van der Waals surface area contributed by atoms with E-state index in [4.69, 9.17) is 0 Å². The van der Waals surface area contributed by atoms with Gasteiger partial charge in [-0.1, -0.05) is 0 Å². The van der Waals surface area contributed by atoms with Crippen molar-refractivity contribution in [3.8, 4) is 0 Å². The number of nitrogens with zero attached hydrogens (tertiary/aromatic N) is 2. The number of hydrogen-bond donors (Lipinski definition) is 2. The second-order valence-corrected chi connectivity index (χ2v) is 5.69. The van der Waals surface area contributed by atoms with Gasteiger partial charge in [-0.15, -0.1) is 0 Å². The van der Waals surface area contributed by atoms with Crippen LogP contribution in [0.15, 0.2) is 18.3 Å². The lowest BCUT2D eigenvalue weighted by Crippen LogP contribution is -2.33. The fraction of sp³-hybridized carbons (Fsp3) is 0.667. The van der Waals surface area contributed by atoms with Gasteiger partial charge in [-0.05, 0) is 56.8 Å². The van der Waals surface area contributed by atoms with E-state index in [9.17, 15) is 0 Å². The van der Waals surface area contributed by atoms with E-state index < -0.39 is 0 Å². The number of aromatic nitrogens is 1. The first kappa shape index (κ1) is 12.7. The van der Waals surface area contributed by atoms with Gasteiger partial charge >= 0.3 is 0 Å². The molecule has 3 rings (SSSR count). The van der Waals surface area contributed by atoms with Gasteiger partial charge < -0.3 is 15.5 Å². The Labute approximate surface area is 115 Å². The summed E-state index contributed by atoms with van der Waals surface area (Å²) < 4.78 is 0. The second-order valence-electron chi connectivity index (χ2n) is 5.69. The summed E-state index contributed by atoms with van der Waals surface area (Å²) in [5, 5.41) is 6.97. The lowest BCUT2D eigenvalue weighted by atomic mass is 10.00. The Balaban J connectivity index is 1.50. The molecule has 2 aliphatic rings. The van der Waals surface area contributed by atoms with E-state index in [1.807, 2.05) is 6.20 Å². The van der Waals surface area contributed by atoms with Crippen molar-refractivity contribution in [2.45, 2.75) is 25.7 Å². The molecule has 0 aliphatic carbocycles. The van der Waals surface area contributed by atoms with Crippen LogP contribution in [0.1, 0.15) is 25.7 Å². The van der Waals surface area contributed by atoms with Crippen LogP contribution in [0, 0.1) is 5.92 Å². The highest BCUT2D eigenvalue weighted by Gasteiger charge is 2.14. The highest BCUT2D eigenvalue weighted by atomic mass is 15.2. The number of nitrogens with one attached hydrogen (secondary N) is 2. The Morgan fingerprint density at radius 2 is 2.16 bits per heavy atom. The van der Waals surface area contributed by atoms with Crippen molar-refractivity contribution < 1.29 is 0 Å². The number of hydrogen-bond acceptors (Lipinski definition) is 4. The maximum Gasteiger partial charge on any atom is 0.128 e. The maximum atomic E-state index is 4.57. The molecule has 104 valence electrons. The smallest absolute Gasteiger partial charge is 0.128 e. The van der Waals surface area contributed by atoms with E-state index in [2.05, 4.69) is 32.7 Å². The van der Waals surface area contributed by atoms with Crippen LogP contribution in [0.3, 0.4) is 0 Å². The molecule has 0 aromatic carbocycles. The van der Waals surface area contributed by atoms with Gasteiger partial charge in [0.15, 0.2) is 0 Å². The van der Waals surface area contributed by atoms with Gasteiger partial charge in [-0.2, -0.15) is 0 Å². The zero-order valence-corrected chi connectivity index (χ0v) is 11.6. The van der Waals surface area contributed by atoms with Crippen LogP contribution in [0.4, 0.5) is 11.5 Å². The lowest BCUT2D eigenvalue weighted by Gasteiger charge is -2.23. The van der Waals surface area contributed by atoms with Crippen molar-refractivity contribution in [2.24, 2.45) is 5.92 Å². The minimum Gasteiger partial charge on any atom is -0.383 e. The average Bonchev–Trinajstić information content (AvgIpc) is 3.01. The van der Waals surface area contributed by atoms with E-state index >= 15 is 0 Å². The molecule has 19 heavy (non-hydrogen) atoms. The summed E-state index contributed by atoms with van der Waals surface area (Å²) in [5.41, 5.74) is 1.15. The molecule has 2 N–H and O–H groups in total. The van der Waals surface area contributed by atoms with Crippen molar-refractivity contribution in [3.05, 3.63) is 18.3 Å². The third-order valence-corrected chi connectivity index (χ3v) is 4.17. The van der Waals surface area contributed by atoms with Crippen LogP contribution in [0.25, 0.3) is 0 Å². The van der Waals surface area contributed by atoms with Gasteiger partial charge in [0.25, 0.3) is 0 Å². The molecule has 1 atom stereocenters. The summed E-state index contributed by atoms with van der Waals surface area (Å²) in [5.74, 6) is 1.88. The molecule has 0 saturated carbocycles. The molecule has 1 unspecified atom stereocenters. The molecule has 0 amide bonds. The molecule has 0 radical (unpaired) electrons. The summed E-state index contributed by atoms with van der Waals surface area (Å²) >= 11 is 0. The second kappa shape index (κ2) is 6.24. The predicted molar refractivity (Wildman–Crippen MR) is 79.8 cm³/mol. The highest BCUT2D eigenvalue weighted by Crippen LogP contribution is 2.19. The number of rotatable bonds is 4. The average molecular weight is 260 g/mol. The molecule has 3 heterocycles. The Hall–Kier alpha value is -1.29. The Kier molecular flexibility index (Phi) is 4.18. The van der Waals surface area contributed by atoms with E-state index in [0.717, 1.165) is 43.6 Å². The first-order valence-corrected chi connectivity index (χ1v) is 7.57. The zero-order valence-electron chi connectivity index (χ0n) is 11.6. The first-order valence-electron chi connectivity index (χ1n) is 7.57. The molecule has 0 spiro atoms. The van der Waals surface area contributed by atoms with Gasteiger partial charge in [-0.3, -0.25) is 0 Å². The fourth-order valence-corrected chi connectivity index (χ4v) is 2.98. The monoisotopic (exact) mass is 260 g/mol. The van der Waals surface area contributed by atoms with Crippen LogP contribution >= 0.6 is 0 Å². The number of anilines is 2. The van der Waals surface area contributed by atoms with Crippen LogP contribution in [0.5, 0.6) is 0 Å². The molecular weight excluding hydrogens is 236 g/mol. The summed E-state index contributed by atoms with van der Waals surface area (Å²) in [6.45, 7) is 5.70.